The summed E-state index contributed by atoms with van der Waals surface area (Å²) in [5.41, 5.74) is 11.4. The molecule has 3 rings (SSSR count). The first-order valence-corrected chi connectivity index (χ1v) is 19.9. The van der Waals surface area contributed by atoms with Crippen LogP contribution in [0.5, 0.6) is 0 Å². The van der Waals surface area contributed by atoms with Gasteiger partial charge >= 0.3 is 12.1 Å². The van der Waals surface area contributed by atoms with Crippen LogP contribution >= 0.6 is 0 Å². The maximum Gasteiger partial charge on any atom is 0.336 e. The Labute approximate surface area is 346 Å². The van der Waals surface area contributed by atoms with E-state index in [1.54, 1.807) is 6.92 Å². The maximum absolute atomic E-state index is 13.2. The lowest BCUT2D eigenvalue weighted by Crippen LogP contribution is -2.58. The third-order valence-electron chi connectivity index (χ3n) is 9.83. The molecule has 5 amide bonds. The quantitative estimate of drug-likeness (QED) is 0.0348. The van der Waals surface area contributed by atoms with E-state index >= 15 is 0 Å². The Hall–Kier alpha value is -2.90. The number of aliphatic imine (C=N–C) groups is 1. The summed E-state index contributed by atoms with van der Waals surface area (Å²) < 4.78 is 34.0. The van der Waals surface area contributed by atoms with Crippen molar-refractivity contribution in [3.05, 3.63) is 12.3 Å². The van der Waals surface area contributed by atoms with Gasteiger partial charge in [0.1, 0.15) is 37.4 Å². The fourth-order valence-electron chi connectivity index (χ4n) is 6.41. The van der Waals surface area contributed by atoms with Crippen molar-refractivity contribution in [2.24, 2.45) is 27.3 Å². The monoisotopic (exact) mass is 847 g/mol. The van der Waals surface area contributed by atoms with E-state index in [1.165, 1.54) is 18.9 Å². The van der Waals surface area contributed by atoms with Crippen molar-refractivity contribution in [2.75, 3.05) is 73.2 Å². The molecule has 59 heavy (non-hydrogen) atoms. The zero-order valence-electron chi connectivity index (χ0n) is 35.8. The number of rotatable bonds is 25. The molecule has 9 unspecified atom stereocenters. The molecule has 0 saturated carbocycles. The minimum absolute atomic E-state index is 0.0300. The van der Waals surface area contributed by atoms with Crippen LogP contribution in [0.1, 0.15) is 61.3 Å². The van der Waals surface area contributed by atoms with E-state index in [-0.39, 0.29) is 75.5 Å². The number of aliphatic hydroxyl groups excluding tert-OH is 3. The smallest absolute Gasteiger partial charge is 0.336 e. The number of methoxy groups -OCH3 is 1. The topological polar surface area (TPSA) is 281 Å². The number of ether oxygens (including phenoxy) is 6. The molecule has 0 aromatic carbocycles. The minimum atomic E-state index is -1.54. The van der Waals surface area contributed by atoms with Gasteiger partial charge in [-0.2, -0.15) is 0 Å². The highest BCUT2D eigenvalue weighted by molar-refractivity contribution is 6.17. The van der Waals surface area contributed by atoms with Gasteiger partial charge in [-0.15, -0.1) is 0 Å². The van der Waals surface area contributed by atoms with Crippen LogP contribution in [-0.4, -0.2) is 183 Å². The van der Waals surface area contributed by atoms with Gasteiger partial charge in [-0.25, -0.2) is 24.3 Å². The highest BCUT2D eigenvalue weighted by Gasteiger charge is 2.41. The second-order valence-electron chi connectivity index (χ2n) is 16.9. The predicted octanol–water partition coefficient (Wildman–Crippen LogP) is -0.446. The van der Waals surface area contributed by atoms with Crippen LogP contribution in [-0.2, 0) is 43.0 Å². The van der Waals surface area contributed by atoms with E-state index in [4.69, 9.17) is 49.7 Å². The summed E-state index contributed by atoms with van der Waals surface area (Å²) in [6, 6.07) is -3.85. The second kappa shape index (κ2) is 23.4. The molecule has 0 aromatic rings. The van der Waals surface area contributed by atoms with Crippen LogP contribution in [0.15, 0.2) is 17.3 Å². The third-order valence-corrected chi connectivity index (χ3v) is 9.83. The summed E-state index contributed by atoms with van der Waals surface area (Å²) in [5.74, 6) is -0.420. The molecular formula is C38H69N7O14. The van der Waals surface area contributed by atoms with E-state index in [0.29, 0.717) is 19.8 Å². The van der Waals surface area contributed by atoms with Crippen LogP contribution in [0, 0.1) is 10.8 Å². The van der Waals surface area contributed by atoms with Crippen LogP contribution in [0.2, 0.25) is 0 Å². The van der Waals surface area contributed by atoms with Crippen LogP contribution in [0.4, 0.5) is 9.59 Å². The number of hydrogen-bond donors (Lipinski definition) is 7. The standard InChI is InChI=1S/C38H69N7O14/c1-22(2)44-30(48)11-29(45(36(44)51)24(5)12-39)41-21-42-35(50)43-26(32(49)33(52-9)28(47)15-54-18-38(8)19-55-20-38)14-56-57-17-37(6,7)16-53-13-25-10-27(46)31(40)34(59-25)58-23(3)4/h23-28,31-34,46-47,49H,1,10-21,39-40H2,2-9H3,(H2,42,43,50)/b41-29+. The van der Waals surface area contributed by atoms with E-state index in [0.717, 1.165) is 4.90 Å². The Morgan fingerprint density at radius 1 is 1.14 bits per heavy atom. The molecule has 3 aliphatic rings. The molecular weight excluding hydrogens is 778 g/mol. The van der Waals surface area contributed by atoms with Crippen molar-refractivity contribution in [1.82, 2.24) is 20.4 Å². The molecule has 3 heterocycles. The molecule has 0 aliphatic carbocycles. The van der Waals surface area contributed by atoms with Crippen LogP contribution in [0.3, 0.4) is 0 Å². The van der Waals surface area contributed by atoms with Gasteiger partial charge in [0.15, 0.2) is 6.29 Å². The number of carbonyl (C=O) groups is 3. The molecule has 9 atom stereocenters. The molecule has 3 saturated heterocycles. The number of nitrogens with zero attached hydrogens (tertiary/aromatic N) is 3. The fraction of sp³-hybridized carbons (Fsp3) is 0.842. The van der Waals surface area contributed by atoms with Gasteiger partial charge in [-0.1, -0.05) is 27.4 Å². The second-order valence-corrected chi connectivity index (χ2v) is 16.9. The van der Waals surface area contributed by atoms with Crippen LogP contribution in [0.25, 0.3) is 0 Å². The summed E-state index contributed by atoms with van der Waals surface area (Å²) in [6.45, 7) is 17.3. The van der Waals surface area contributed by atoms with Gasteiger partial charge < -0.3 is 65.8 Å². The first-order chi connectivity index (χ1) is 27.7. The average molecular weight is 848 g/mol. The van der Waals surface area contributed by atoms with Crippen molar-refractivity contribution in [3.63, 3.8) is 0 Å². The summed E-state index contributed by atoms with van der Waals surface area (Å²) in [6.07, 6.45) is -6.19. The maximum atomic E-state index is 13.2. The minimum Gasteiger partial charge on any atom is -0.391 e. The number of nitrogens with one attached hydrogen (secondary N) is 2. The molecule has 3 aliphatic heterocycles. The first kappa shape index (κ1) is 50.5. The highest BCUT2D eigenvalue weighted by Crippen LogP contribution is 2.27. The third kappa shape index (κ3) is 15.2. The molecule has 0 spiro atoms. The lowest BCUT2D eigenvalue weighted by atomic mass is 9.90. The van der Waals surface area contributed by atoms with Gasteiger partial charge in [-0.05, 0) is 27.7 Å². The Balaban J connectivity index is 1.61. The van der Waals surface area contributed by atoms with E-state index < -0.39 is 84.9 Å². The van der Waals surface area contributed by atoms with Crippen molar-refractivity contribution in [2.45, 2.75) is 122 Å². The van der Waals surface area contributed by atoms with E-state index in [2.05, 4.69) is 22.2 Å². The van der Waals surface area contributed by atoms with Gasteiger partial charge in [0.25, 0.3) is 0 Å². The van der Waals surface area contributed by atoms with Gasteiger partial charge in [0, 0.05) is 42.6 Å². The van der Waals surface area contributed by atoms with Crippen LogP contribution < -0.4 is 22.1 Å². The van der Waals surface area contributed by atoms with Crippen molar-refractivity contribution in [3.8, 4) is 0 Å². The van der Waals surface area contributed by atoms with E-state index in [9.17, 15) is 29.7 Å². The Bertz CT molecular complexity index is 1400. The van der Waals surface area contributed by atoms with E-state index in [1.807, 2.05) is 34.6 Å². The number of nitrogens with two attached hydrogens (primary N) is 2. The number of carbonyl (C=O) groups excluding carboxylic acids is 3. The molecule has 0 aromatic heterocycles. The Kier molecular flexibility index (Phi) is 20.0. The van der Waals surface area contributed by atoms with Crippen molar-refractivity contribution in [1.29, 1.82) is 0 Å². The largest absolute Gasteiger partial charge is 0.391 e. The summed E-state index contributed by atoms with van der Waals surface area (Å²) >= 11 is 0. The number of amidine groups is 1. The summed E-state index contributed by atoms with van der Waals surface area (Å²) in [7, 11) is 1.30. The SMILES string of the molecule is C=C(C)N1C(=O)C/C(=N\CNC(=O)NC(COOCC(C)(C)COCC2CC(O)C(N)C(OC(C)C)O2)C(O)C(OC)C(O)COCC2(C)COC2)N(C(C)CN)C1=O. The summed E-state index contributed by atoms with van der Waals surface area (Å²) in [5, 5.41) is 38.0. The molecule has 9 N–H and O–H groups in total. The summed E-state index contributed by atoms with van der Waals surface area (Å²) in [4.78, 5) is 56.7. The molecule has 3 fully saturated rings. The number of imide groups is 1. The van der Waals surface area contributed by atoms with Gasteiger partial charge in [-0.3, -0.25) is 14.7 Å². The first-order valence-electron chi connectivity index (χ1n) is 19.9. The normalized spacial score (nSPS) is 25.7. The molecule has 0 bridgehead atoms. The zero-order valence-corrected chi connectivity index (χ0v) is 35.8. The van der Waals surface area contributed by atoms with Gasteiger partial charge in [0.05, 0.1) is 83.1 Å². The number of amides is 5. The zero-order chi connectivity index (χ0) is 44.1. The number of hydrogen-bond acceptors (Lipinski definition) is 17. The molecule has 21 heteroatoms. The fourth-order valence-corrected chi connectivity index (χ4v) is 6.41. The molecule has 340 valence electrons. The highest BCUT2D eigenvalue weighted by atomic mass is 17.2. The molecule has 0 radical (unpaired) electrons. The number of urea groups is 2. The Morgan fingerprint density at radius 3 is 2.42 bits per heavy atom. The number of allylic oxidation sites excluding steroid dienone is 1. The average Bonchev–Trinajstić information content (AvgIpc) is 3.13. The predicted molar refractivity (Wildman–Crippen MR) is 212 cm³/mol. The number of aliphatic hydroxyl groups is 3. The van der Waals surface area contributed by atoms with Crippen molar-refractivity contribution < 1.29 is 67.9 Å². The molecule has 21 nitrogen and oxygen atoms in total. The lowest BCUT2D eigenvalue weighted by molar-refractivity contribution is -0.316. The lowest BCUT2D eigenvalue weighted by Gasteiger charge is -2.38. The van der Waals surface area contributed by atoms with Crippen molar-refractivity contribution >= 4 is 23.8 Å². The Morgan fingerprint density at radius 2 is 1.83 bits per heavy atom. The van der Waals surface area contributed by atoms with Gasteiger partial charge in [0.2, 0.25) is 5.91 Å².